The lowest BCUT2D eigenvalue weighted by Crippen LogP contribution is -2.40. The molecule has 1 unspecified atom stereocenters. The molecule has 1 aliphatic heterocycles. The number of hydrogen-bond acceptors (Lipinski definition) is 3. The van der Waals surface area contributed by atoms with E-state index in [0.717, 1.165) is 39.3 Å². The molecule has 19 heavy (non-hydrogen) atoms. The van der Waals surface area contributed by atoms with Crippen molar-refractivity contribution in [3.63, 3.8) is 0 Å². The van der Waals surface area contributed by atoms with Crippen molar-refractivity contribution < 1.29 is 4.74 Å². The highest BCUT2D eigenvalue weighted by Gasteiger charge is 2.17. The Hall–Kier alpha value is -0.900. The summed E-state index contributed by atoms with van der Waals surface area (Å²) in [5.41, 5.74) is 2.87. The molecule has 0 spiro atoms. The summed E-state index contributed by atoms with van der Waals surface area (Å²) in [4.78, 5) is 2.49. The van der Waals surface area contributed by atoms with Crippen molar-refractivity contribution in [1.82, 2.24) is 10.2 Å². The van der Waals surface area contributed by atoms with Crippen LogP contribution in [0.4, 0.5) is 0 Å². The third-order valence-electron chi connectivity index (χ3n) is 3.58. The molecule has 2 rings (SSSR count). The van der Waals surface area contributed by atoms with Crippen molar-refractivity contribution >= 4 is 0 Å². The Morgan fingerprint density at radius 2 is 2.11 bits per heavy atom. The van der Waals surface area contributed by atoms with Crippen molar-refractivity contribution in [3.05, 3.63) is 35.4 Å². The van der Waals surface area contributed by atoms with E-state index >= 15 is 0 Å². The fourth-order valence-corrected chi connectivity index (χ4v) is 2.56. The Kier molecular flexibility index (Phi) is 5.83. The largest absolute Gasteiger partial charge is 0.376 e. The fourth-order valence-electron chi connectivity index (χ4n) is 2.56. The van der Waals surface area contributed by atoms with Crippen molar-refractivity contribution in [2.75, 3.05) is 26.2 Å². The third-order valence-corrected chi connectivity index (χ3v) is 3.58. The van der Waals surface area contributed by atoms with Gasteiger partial charge in [0.25, 0.3) is 0 Å². The first-order valence-corrected chi connectivity index (χ1v) is 7.41. The summed E-state index contributed by atoms with van der Waals surface area (Å²) in [6.07, 6.45) is 1.54. The number of hydrogen-bond donors (Lipinski definition) is 1. The van der Waals surface area contributed by atoms with Crippen LogP contribution in [0.1, 0.15) is 31.4 Å². The molecule has 1 atom stereocenters. The summed E-state index contributed by atoms with van der Waals surface area (Å²) in [7, 11) is 0. The van der Waals surface area contributed by atoms with E-state index in [9.17, 15) is 0 Å². The lowest BCUT2D eigenvalue weighted by molar-refractivity contribution is -0.0212. The number of nitrogens with zero attached hydrogens (tertiary/aromatic N) is 1. The van der Waals surface area contributed by atoms with Crippen molar-refractivity contribution in [2.45, 2.75) is 39.5 Å². The van der Waals surface area contributed by atoms with Gasteiger partial charge in [-0.15, -0.1) is 0 Å². The molecule has 0 aliphatic carbocycles. The van der Waals surface area contributed by atoms with Gasteiger partial charge in [-0.1, -0.05) is 31.2 Å². The molecule has 1 heterocycles. The SMILES string of the molecule is CCCNCc1ccccc1CN1CCOC(C)C1. The molecule has 1 fully saturated rings. The predicted octanol–water partition coefficient (Wildman–Crippen LogP) is 2.41. The normalized spacial score (nSPS) is 20.6. The molecule has 106 valence electrons. The Labute approximate surface area is 116 Å². The van der Waals surface area contributed by atoms with E-state index in [1.165, 1.54) is 17.5 Å². The van der Waals surface area contributed by atoms with Crippen molar-refractivity contribution in [1.29, 1.82) is 0 Å². The summed E-state index contributed by atoms with van der Waals surface area (Å²) in [6, 6.07) is 8.77. The van der Waals surface area contributed by atoms with E-state index in [1.54, 1.807) is 0 Å². The van der Waals surface area contributed by atoms with Gasteiger partial charge in [0.2, 0.25) is 0 Å². The molecule has 3 nitrogen and oxygen atoms in total. The van der Waals surface area contributed by atoms with Crippen LogP contribution in [0, 0.1) is 0 Å². The van der Waals surface area contributed by atoms with E-state index in [-0.39, 0.29) is 0 Å². The average Bonchev–Trinajstić information content (AvgIpc) is 2.41. The number of nitrogens with one attached hydrogen (secondary N) is 1. The molecule has 0 aromatic heterocycles. The zero-order chi connectivity index (χ0) is 13.5. The quantitative estimate of drug-likeness (QED) is 0.797. The number of ether oxygens (including phenoxy) is 1. The van der Waals surface area contributed by atoms with Gasteiger partial charge in [0.05, 0.1) is 12.7 Å². The molecule has 1 aliphatic rings. The molecule has 3 heteroatoms. The van der Waals surface area contributed by atoms with Crippen molar-refractivity contribution in [3.8, 4) is 0 Å². The van der Waals surface area contributed by atoms with E-state index in [2.05, 4.69) is 48.3 Å². The van der Waals surface area contributed by atoms with Gasteiger partial charge in [-0.2, -0.15) is 0 Å². The molecule has 0 saturated carbocycles. The molecule has 1 N–H and O–H groups in total. The Bertz CT molecular complexity index is 381. The van der Waals surface area contributed by atoms with Crippen LogP contribution >= 0.6 is 0 Å². The Balaban J connectivity index is 1.94. The topological polar surface area (TPSA) is 24.5 Å². The maximum absolute atomic E-state index is 5.60. The second-order valence-corrected chi connectivity index (χ2v) is 5.36. The minimum atomic E-state index is 0.360. The van der Waals surface area contributed by atoms with Crippen LogP contribution < -0.4 is 5.32 Å². The van der Waals surface area contributed by atoms with E-state index in [1.807, 2.05) is 0 Å². The zero-order valence-corrected chi connectivity index (χ0v) is 12.2. The smallest absolute Gasteiger partial charge is 0.0674 e. The first-order valence-electron chi connectivity index (χ1n) is 7.41. The Morgan fingerprint density at radius 3 is 2.84 bits per heavy atom. The maximum atomic E-state index is 5.60. The lowest BCUT2D eigenvalue weighted by Gasteiger charge is -2.31. The monoisotopic (exact) mass is 262 g/mol. The first kappa shape index (κ1) is 14.5. The molecule has 0 radical (unpaired) electrons. The van der Waals surface area contributed by atoms with Crippen LogP contribution in [0.5, 0.6) is 0 Å². The zero-order valence-electron chi connectivity index (χ0n) is 12.2. The average molecular weight is 262 g/mol. The van der Waals surface area contributed by atoms with Gasteiger partial charge in [0.1, 0.15) is 0 Å². The highest BCUT2D eigenvalue weighted by atomic mass is 16.5. The standard InChI is InChI=1S/C16H26N2O/c1-3-8-17-11-15-6-4-5-7-16(15)13-18-9-10-19-14(2)12-18/h4-7,14,17H,3,8-13H2,1-2H3. The second kappa shape index (κ2) is 7.63. The van der Waals surface area contributed by atoms with Crippen LogP contribution in [-0.2, 0) is 17.8 Å². The van der Waals surface area contributed by atoms with Crippen LogP contribution in [-0.4, -0.2) is 37.2 Å². The minimum absolute atomic E-state index is 0.360. The van der Waals surface area contributed by atoms with E-state index < -0.39 is 0 Å². The molecule has 0 amide bonds. The number of rotatable bonds is 6. The van der Waals surface area contributed by atoms with Gasteiger partial charge < -0.3 is 10.1 Å². The van der Waals surface area contributed by atoms with Gasteiger partial charge in [-0.3, -0.25) is 4.90 Å². The lowest BCUT2D eigenvalue weighted by atomic mass is 10.1. The molecular formula is C16H26N2O. The van der Waals surface area contributed by atoms with E-state index in [4.69, 9.17) is 4.74 Å². The minimum Gasteiger partial charge on any atom is -0.376 e. The molecule has 1 aromatic carbocycles. The molecule has 0 bridgehead atoms. The van der Waals surface area contributed by atoms with Crippen LogP contribution in [0.15, 0.2) is 24.3 Å². The van der Waals surface area contributed by atoms with Gasteiger partial charge in [-0.25, -0.2) is 0 Å². The summed E-state index contributed by atoms with van der Waals surface area (Å²) >= 11 is 0. The summed E-state index contributed by atoms with van der Waals surface area (Å²) in [5, 5.41) is 3.49. The fraction of sp³-hybridized carbons (Fsp3) is 0.625. The summed E-state index contributed by atoms with van der Waals surface area (Å²) in [6.45, 7) is 10.4. The van der Waals surface area contributed by atoms with Crippen molar-refractivity contribution in [2.24, 2.45) is 0 Å². The van der Waals surface area contributed by atoms with Crippen LogP contribution in [0.2, 0.25) is 0 Å². The summed E-state index contributed by atoms with van der Waals surface area (Å²) < 4.78 is 5.60. The first-order chi connectivity index (χ1) is 9.29. The summed E-state index contributed by atoms with van der Waals surface area (Å²) in [5.74, 6) is 0. The second-order valence-electron chi connectivity index (χ2n) is 5.36. The number of morpholine rings is 1. The van der Waals surface area contributed by atoms with Gasteiger partial charge in [-0.05, 0) is 31.0 Å². The molecule has 1 aromatic rings. The number of benzene rings is 1. The maximum Gasteiger partial charge on any atom is 0.0674 e. The predicted molar refractivity (Wildman–Crippen MR) is 79.1 cm³/mol. The van der Waals surface area contributed by atoms with Crippen LogP contribution in [0.3, 0.4) is 0 Å². The third kappa shape index (κ3) is 4.60. The van der Waals surface area contributed by atoms with Crippen LogP contribution in [0.25, 0.3) is 0 Å². The van der Waals surface area contributed by atoms with Gasteiger partial charge in [0, 0.05) is 26.2 Å². The Morgan fingerprint density at radius 1 is 1.32 bits per heavy atom. The molecular weight excluding hydrogens is 236 g/mol. The van der Waals surface area contributed by atoms with E-state index in [0.29, 0.717) is 6.10 Å². The molecule has 1 saturated heterocycles. The highest BCUT2D eigenvalue weighted by Crippen LogP contribution is 2.14. The highest BCUT2D eigenvalue weighted by molar-refractivity contribution is 5.27. The van der Waals surface area contributed by atoms with Gasteiger partial charge >= 0.3 is 0 Å². The van der Waals surface area contributed by atoms with Gasteiger partial charge in [0.15, 0.2) is 0 Å².